The van der Waals surface area contributed by atoms with Crippen LogP contribution in [0.2, 0.25) is 0 Å². The maximum absolute atomic E-state index is 11.3. The molecule has 1 saturated heterocycles. The predicted molar refractivity (Wildman–Crippen MR) is 67.4 cm³/mol. The number of amides is 1. The van der Waals surface area contributed by atoms with Gasteiger partial charge in [0.25, 0.3) is 5.91 Å². The molecule has 0 radical (unpaired) electrons. The van der Waals surface area contributed by atoms with E-state index in [4.69, 9.17) is 5.84 Å². The fourth-order valence-electron chi connectivity index (χ4n) is 1.99. The van der Waals surface area contributed by atoms with E-state index in [0.717, 1.165) is 31.2 Å². The lowest BCUT2D eigenvalue weighted by Crippen LogP contribution is -2.32. The summed E-state index contributed by atoms with van der Waals surface area (Å²) in [6, 6.07) is 0. The van der Waals surface area contributed by atoms with E-state index in [0.29, 0.717) is 5.01 Å². The number of hydrazine groups is 1. The molecule has 1 aliphatic rings. The number of hydrogen-bond donors (Lipinski definition) is 2. The van der Waals surface area contributed by atoms with Crippen LogP contribution in [0.25, 0.3) is 0 Å². The van der Waals surface area contributed by atoms with Crippen LogP contribution >= 0.6 is 11.3 Å². The monoisotopic (exact) mass is 254 g/mol. The number of aromatic nitrogens is 1. The number of rotatable bonds is 3. The number of thiazole rings is 1. The summed E-state index contributed by atoms with van der Waals surface area (Å²) in [4.78, 5) is 17.9. The highest BCUT2D eigenvalue weighted by Crippen LogP contribution is 2.19. The van der Waals surface area contributed by atoms with Crippen molar-refractivity contribution in [3.63, 3.8) is 0 Å². The molecule has 1 aromatic rings. The predicted octanol–water partition coefficient (Wildman–Crippen LogP) is 0.978. The van der Waals surface area contributed by atoms with Gasteiger partial charge in [-0.15, -0.1) is 11.3 Å². The number of hydrogen-bond acceptors (Lipinski definition) is 5. The largest absolute Gasteiger partial charge is 0.297 e. The van der Waals surface area contributed by atoms with Crippen LogP contribution in [-0.2, 0) is 6.54 Å². The Kier molecular flexibility index (Phi) is 4.09. The number of piperidine rings is 1. The standard InChI is InChI=1S/C11H18N4OS/c1-8-2-4-15(5-3-8)6-9-7-17-11(13-9)10(16)14-12/h7-8H,2-6,12H2,1H3,(H,14,16). The van der Waals surface area contributed by atoms with Crippen molar-refractivity contribution in [2.24, 2.45) is 11.8 Å². The van der Waals surface area contributed by atoms with Crippen LogP contribution in [0.4, 0.5) is 0 Å². The Balaban J connectivity index is 1.90. The molecule has 2 rings (SSSR count). The van der Waals surface area contributed by atoms with Gasteiger partial charge in [0.2, 0.25) is 0 Å². The fourth-order valence-corrected chi connectivity index (χ4v) is 2.71. The van der Waals surface area contributed by atoms with E-state index >= 15 is 0 Å². The van der Waals surface area contributed by atoms with E-state index in [1.807, 2.05) is 5.38 Å². The van der Waals surface area contributed by atoms with Crippen molar-refractivity contribution in [3.8, 4) is 0 Å². The molecular weight excluding hydrogens is 236 g/mol. The number of carbonyl (C=O) groups excluding carboxylic acids is 1. The van der Waals surface area contributed by atoms with Gasteiger partial charge in [-0.1, -0.05) is 6.92 Å². The second-order valence-electron chi connectivity index (χ2n) is 4.58. The fraction of sp³-hybridized carbons (Fsp3) is 0.636. The maximum atomic E-state index is 11.3. The van der Waals surface area contributed by atoms with Crippen molar-refractivity contribution in [2.75, 3.05) is 13.1 Å². The van der Waals surface area contributed by atoms with Gasteiger partial charge in [0.1, 0.15) is 0 Å². The number of likely N-dealkylation sites (tertiary alicyclic amines) is 1. The van der Waals surface area contributed by atoms with E-state index in [2.05, 4.69) is 22.2 Å². The Bertz CT molecular complexity index is 385. The summed E-state index contributed by atoms with van der Waals surface area (Å²) in [6.45, 7) is 5.37. The Morgan fingerprint density at radius 1 is 1.65 bits per heavy atom. The van der Waals surface area contributed by atoms with Gasteiger partial charge in [-0.05, 0) is 31.8 Å². The molecule has 0 aliphatic carbocycles. The molecule has 3 N–H and O–H groups in total. The summed E-state index contributed by atoms with van der Waals surface area (Å²) in [5, 5.41) is 2.37. The van der Waals surface area contributed by atoms with Gasteiger partial charge in [-0.3, -0.25) is 15.1 Å². The minimum absolute atomic E-state index is 0.312. The first-order chi connectivity index (χ1) is 8.19. The Hall–Kier alpha value is -0.980. The average Bonchev–Trinajstić information content (AvgIpc) is 2.80. The molecule has 0 saturated carbocycles. The number of carbonyl (C=O) groups is 1. The maximum Gasteiger partial charge on any atom is 0.294 e. The molecule has 1 aromatic heterocycles. The molecule has 1 aliphatic heterocycles. The van der Waals surface area contributed by atoms with Crippen LogP contribution in [0, 0.1) is 5.92 Å². The van der Waals surface area contributed by atoms with E-state index in [-0.39, 0.29) is 5.91 Å². The van der Waals surface area contributed by atoms with Crippen molar-refractivity contribution < 1.29 is 4.79 Å². The van der Waals surface area contributed by atoms with E-state index in [1.54, 1.807) is 0 Å². The molecule has 5 nitrogen and oxygen atoms in total. The lowest BCUT2D eigenvalue weighted by Gasteiger charge is -2.29. The van der Waals surface area contributed by atoms with Crippen LogP contribution in [-0.4, -0.2) is 28.9 Å². The second kappa shape index (κ2) is 5.57. The van der Waals surface area contributed by atoms with Gasteiger partial charge in [0.05, 0.1) is 5.69 Å². The highest BCUT2D eigenvalue weighted by atomic mass is 32.1. The molecule has 17 heavy (non-hydrogen) atoms. The average molecular weight is 254 g/mol. The molecule has 1 amide bonds. The molecule has 2 heterocycles. The Labute approximate surface area is 105 Å². The minimum atomic E-state index is -0.312. The second-order valence-corrected chi connectivity index (χ2v) is 5.43. The topological polar surface area (TPSA) is 71.2 Å². The molecule has 0 aromatic carbocycles. The summed E-state index contributed by atoms with van der Waals surface area (Å²) in [5.74, 6) is 5.59. The van der Waals surface area contributed by atoms with Gasteiger partial charge < -0.3 is 0 Å². The molecule has 0 spiro atoms. The highest BCUT2D eigenvalue weighted by molar-refractivity contribution is 7.11. The quantitative estimate of drug-likeness (QED) is 0.479. The molecule has 0 bridgehead atoms. The third-order valence-corrected chi connectivity index (χ3v) is 4.03. The Morgan fingerprint density at radius 3 is 3.00 bits per heavy atom. The van der Waals surface area contributed by atoms with E-state index < -0.39 is 0 Å². The zero-order chi connectivity index (χ0) is 12.3. The zero-order valence-corrected chi connectivity index (χ0v) is 10.8. The number of nitrogens with two attached hydrogens (primary N) is 1. The van der Waals surface area contributed by atoms with E-state index in [9.17, 15) is 4.79 Å². The van der Waals surface area contributed by atoms with Crippen molar-refractivity contribution >= 4 is 17.2 Å². The van der Waals surface area contributed by atoms with Gasteiger partial charge in [-0.2, -0.15) is 0 Å². The van der Waals surface area contributed by atoms with Gasteiger partial charge in [-0.25, -0.2) is 10.8 Å². The minimum Gasteiger partial charge on any atom is -0.297 e. The van der Waals surface area contributed by atoms with Crippen LogP contribution in [0.3, 0.4) is 0 Å². The van der Waals surface area contributed by atoms with Crippen molar-refractivity contribution in [2.45, 2.75) is 26.3 Å². The molecule has 94 valence electrons. The lowest BCUT2D eigenvalue weighted by atomic mass is 9.99. The van der Waals surface area contributed by atoms with Crippen LogP contribution in [0.5, 0.6) is 0 Å². The summed E-state index contributed by atoms with van der Waals surface area (Å²) in [6.07, 6.45) is 2.50. The third kappa shape index (κ3) is 3.24. The van der Waals surface area contributed by atoms with Crippen molar-refractivity contribution in [3.05, 3.63) is 16.1 Å². The Morgan fingerprint density at radius 2 is 2.35 bits per heavy atom. The van der Waals surface area contributed by atoms with Gasteiger partial charge in [0, 0.05) is 11.9 Å². The summed E-state index contributed by atoms with van der Waals surface area (Å²) < 4.78 is 0. The van der Waals surface area contributed by atoms with Gasteiger partial charge >= 0.3 is 0 Å². The number of nitrogens with one attached hydrogen (secondary N) is 1. The zero-order valence-electron chi connectivity index (χ0n) is 9.98. The van der Waals surface area contributed by atoms with Crippen LogP contribution < -0.4 is 11.3 Å². The summed E-state index contributed by atoms with van der Waals surface area (Å²) in [7, 11) is 0. The van der Waals surface area contributed by atoms with Crippen molar-refractivity contribution in [1.29, 1.82) is 0 Å². The van der Waals surface area contributed by atoms with Gasteiger partial charge in [0.15, 0.2) is 5.01 Å². The first-order valence-corrected chi connectivity index (χ1v) is 6.74. The smallest absolute Gasteiger partial charge is 0.294 e. The van der Waals surface area contributed by atoms with Crippen molar-refractivity contribution in [1.82, 2.24) is 15.3 Å². The molecule has 6 heteroatoms. The SMILES string of the molecule is CC1CCN(Cc2csc(C(=O)NN)n2)CC1. The third-order valence-electron chi connectivity index (χ3n) is 3.14. The normalized spacial score (nSPS) is 18.2. The number of nitrogen functional groups attached to an aromatic ring is 1. The highest BCUT2D eigenvalue weighted by Gasteiger charge is 2.17. The first kappa shape index (κ1) is 12.5. The van der Waals surface area contributed by atoms with Crippen LogP contribution in [0.15, 0.2) is 5.38 Å². The molecule has 1 fully saturated rings. The molecule has 0 atom stereocenters. The number of nitrogens with zero attached hydrogens (tertiary/aromatic N) is 2. The first-order valence-electron chi connectivity index (χ1n) is 5.86. The van der Waals surface area contributed by atoms with Crippen LogP contribution in [0.1, 0.15) is 35.3 Å². The molecule has 0 unspecified atom stereocenters. The summed E-state index contributed by atoms with van der Waals surface area (Å²) >= 11 is 1.34. The molecular formula is C11H18N4OS. The lowest BCUT2D eigenvalue weighted by molar-refractivity contribution is 0.0953. The summed E-state index contributed by atoms with van der Waals surface area (Å²) in [5.41, 5.74) is 3.06. The van der Waals surface area contributed by atoms with E-state index in [1.165, 1.54) is 24.2 Å².